The minimum Gasteiger partial charge on any atom is -0.472 e. The van der Waals surface area contributed by atoms with E-state index in [-0.39, 0.29) is 30.0 Å². The van der Waals surface area contributed by atoms with Crippen molar-refractivity contribution in [1.82, 2.24) is 19.9 Å². The fourth-order valence-corrected chi connectivity index (χ4v) is 5.19. The van der Waals surface area contributed by atoms with Gasteiger partial charge in [-0.1, -0.05) is 24.3 Å². The predicted octanol–water partition coefficient (Wildman–Crippen LogP) is 3.28. The molecule has 1 aromatic carbocycles. The molecule has 1 aliphatic carbocycles. The molecule has 1 amide bonds. The van der Waals surface area contributed by atoms with Crippen LogP contribution < -0.4 is 4.74 Å². The molecule has 1 saturated heterocycles. The number of hydrogen-bond donors (Lipinski definition) is 1. The summed E-state index contributed by atoms with van der Waals surface area (Å²) in [6.07, 6.45) is 5.92. The van der Waals surface area contributed by atoms with Crippen molar-refractivity contribution in [1.29, 1.82) is 0 Å². The maximum atomic E-state index is 13.9. The van der Waals surface area contributed by atoms with Gasteiger partial charge in [0, 0.05) is 30.2 Å². The number of benzene rings is 1. The van der Waals surface area contributed by atoms with E-state index in [4.69, 9.17) is 4.74 Å². The lowest BCUT2D eigenvalue weighted by Crippen LogP contribution is -2.55. The van der Waals surface area contributed by atoms with Gasteiger partial charge in [0.1, 0.15) is 6.10 Å². The van der Waals surface area contributed by atoms with E-state index in [2.05, 4.69) is 15.0 Å². The highest BCUT2D eigenvalue weighted by atomic mass is 16.5. The number of fused-ring (bicyclic) bond motifs is 2. The summed E-state index contributed by atoms with van der Waals surface area (Å²) in [7, 11) is 0. The summed E-state index contributed by atoms with van der Waals surface area (Å²) < 4.78 is 6.21. The van der Waals surface area contributed by atoms with E-state index in [1.807, 2.05) is 42.2 Å². The summed E-state index contributed by atoms with van der Waals surface area (Å²) in [5.74, 6) is 1.12. The number of pyridine rings is 1. The molecule has 1 aliphatic heterocycles. The first-order valence-electron chi connectivity index (χ1n) is 11.0. The minimum absolute atomic E-state index is 0.125. The summed E-state index contributed by atoms with van der Waals surface area (Å²) in [4.78, 5) is 28.7. The number of rotatable bonds is 5. The molecule has 5 unspecified atom stereocenters. The van der Waals surface area contributed by atoms with Gasteiger partial charge in [0.25, 0.3) is 5.91 Å². The molecule has 5 atom stereocenters. The predicted molar refractivity (Wildman–Crippen MR) is 119 cm³/mol. The quantitative estimate of drug-likeness (QED) is 0.668. The third-order valence-electron chi connectivity index (χ3n) is 6.52. The Labute approximate surface area is 187 Å². The average molecular weight is 431 g/mol. The molecule has 32 heavy (non-hydrogen) atoms. The van der Waals surface area contributed by atoms with Gasteiger partial charge in [-0.25, -0.2) is 15.0 Å². The van der Waals surface area contributed by atoms with Crippen LogP contribution in [-0.4, -0.2) is 55.2 Å². The molecule has 2 bridgehead atoms. The molecule has 7 nitrogen and oxygen atoms in total. The Bertz CT molecular complexity index is 1100. The van der Waals surface area contributed by atoms with Crippen LogP contribution in [0.5, 0.6) is 5.88 Å². The van der Waals surface area contributed by atoms with Gasteiger partial charge in [-0.2, -0.15) is 0 Å². The number of nitrogens with zero attached hydrogens (tertiary/aromatic N) is 4. The highest BCUT2D eigenvalue weighted by molar-refractivity contribution is 6.00. The van der Waals surface area contributed by atoms with Crippen LogP contribution in [0, 0.1) is 12.8 Å². The Hall–Kier alpha value is -3.32. The van der Waals surface area contributed by atoms with Crippen LogP contribution in [0.2, 0.25) is 0 Å². The monoisotopic (exact) mass is 430 g/mol. The van der Waals surface area contributed by atoms with Crippen molar-refractivity contribution in [3.8, 4) is 17.3 Å². The molecule has 2 aliphatic rings. The molecule has 1 saturated carbocycles. The van der Waals surface area contributed by atoms with E-state index in [0.29, 0.717) is 22.8 Å². The standard InChI is InChI=1S/C25H26N4O3/c1-15-8-9-22(28-14-15)32-21-13-17-12-20(21)29(23(17)16(2)30)25(31)19-7-4-3-6-18(19)24-26-10-5-11-27-24/h3-11,14,16-17,20-21,23,30H,12-13H2,1-2H3. The number of carbonyl (C=O) groups excluding carboxylic acids is 1. The van der Waals surface area contributed by atoms with E-state index in [1.165, 1.54) is 0 Å². The maximum absolute atomic E-state index is 13.9. The zero-order chi connectivity index (χ0) is 22.2. The molecule has 0 spiro atoms. The first-order valence-corrected chi connectivity index (χ1v) is 11.0. The highest BCUT2D eigenvalue weighted by Gasteiger charge is 2.56. The molecule has 0 radical (unpaired) electrons. The Kier molecular flexibility index (Phi) is 5.35. The fourth-order valence-electron chi connectivity index (χ4n) is 5.19. The number of amides is 1. The van der Waals surface area contributed by atoms with Gasteiger partial charge < -0.3 is 14.7 Å². The van der Waals surface area contributed by atoms with Crippen molar-refractivity contribution in [2.24, 2.45) is 5.92 Å². The second-order valence-electron chi connectivity index (χ2n) is 8.69. The topological polar surface area (TPSA) is 88.4 Å². The van der Waals surface area contributed by atoms with Gasteiger partial charge in [0.15, 0.2) is 5.82 Å². The van der Waals surface area contributed by atoms with E-state index in [0.717, 1.165) is 18.4 Å². The third kappa shape index (κ3) is 3.62. The number of hydrogen-bond acceptors (Lipinski definition) is 6. The SMILES string of the molecule is Cc1ccc(OC2CC3CC2N(C(=O)c2ccccc2-c2ncccn2)C3C(C)O)nc1. The van der Waals surface area contributed by atoms with Crippen LogP contribution in [0.15, 0.2) is 61.1 Å². The van der Waals surface area contributed by atoms with Gasteiger partial charge in [0.05, 0.1) is 23.8 Å². The zero-order valence-electron chi connectivity index (χ0n) is 18.1. The molecule has 3 heterocycles. The van der Waals surface area contributed by atoms with E-state index >= 15 is 0 Å². The van der Waals surface area contributed by atoms with E-state index in [1.54, 1.807) is 37.6 Å². The van der Waals surface area contributed by atoms with Gasteiger partial charge in [-0.15, -0.1) is 0 Å². The van der Waals surface area contributed by atoms with Crippen molar-refractivity contribution in [3.05, 3.63) is 72.2 Å². The smallest absolute Gasteiger partial charge is 0.255 e. The number of carbonyl (C=O) groups is 1. The third-order valence-corrected chi connectivity index (χ3v) is 6.52. The number of piperidine rings is 1. The molecule has 2 fully saturated rings. The number of aliphatic hydroxyl groups excluding tert-OH is 1. The molecule has 1 N–H and O–H groups in total. The van der Waals surface area contributed by atoms with Crippen molar-refractivity contribution < 1.29 is 14.6 Å². The second kappa shape index (κ2) is 8.31. The summed E-state index contributed by atoms with van der Waals surface area (Å²) in [5, 5.41) is 10.6. The number of aryl methyl sites for hydroxylation is 1. The molecule has 3 aromatic rings. The van der Waals surface area contributed by atoms with E-state index in [9.17, 15) is 9.90 Å². The van der Waals surface area contributed by atoms with Gasteiger partial charge >= 0.3 is 0 Å². The van der Waals surface area contributed by atoms with Crippen LogP contribution in [0.3, 0.4) is 0 Å². The minimum atomic E-state index is -0.632. The first-order chi connectivity index (χ1) is 15.5. The number of aromatic nitrogens is 3. The maximum Gasteiger partial charge on any atom is 0.255 e. The van der Waals surface area contributed by atoms with Crippen LogP contribution in [-0.2, 0) is 0 Å². The largest absolute Gasteiger partial charge is 0.472 e. The zero-order valence-corrected chi connectivity index (χ0v) is 18.1. The van der Waals surface area contributed by atoms with Crippen LogP contribution in [0.4, 0.5) is 0 Å². The highest BCUT2D eigenvalue weighted by Crippen LogP contribution is 2.46. The molecule has 7 heteroatoms. The second-order valence-corrected chi connectivity index (χ2v) is 8.69. The molecule has 2 aromatic heterocycles. The van der Waals surface area contributed by atoms with Gasteiger partial charge in [0.2, 0.25) is 5.88 Å². The van der Waals surface area contributed by atoms with Crippen molar-refractivity contribution in [2.45, 2.75) is 51.0 Å². The van der Waals surface area contributed by atoms with Crippen LogP contribution >= 0.6 is 0 Å². The van der Waals surface area contributed by atoms with Gasteiger partial charge in [-0.05, 0) is 50.3 Å². The van der Waals surface area contributed by atoms with Crippen molar-refractivity contribution in [2.75, 3.05) is 0 Å². The molecule has 5 rings (SSSR count). The number of ether oxygens (including phenoxy) is 1. The van der Waals surface area contributed by atoms with Crippen molar-refractivity contribution in [3.63, 3.8) is 0 Å². The lowest BCUT2D eigenvalue weighted by molar-refractivity contribution is -0.00645. The van der Waals surface area contributed by atoms with Gasteiger partial charge in [-0.3, -0.25) is 4.79 Å². The molecule has 164 valence electrons. The molecular formula is C25H26N4O3. The average Bonchev–Trinajstić information content (AvgIpc) is 3.39. The van der Waals surface area contributed by atoms with Crippen LogP contribution in [0.25, 0.3) is 11.4 Å². The lowest BCUT2D eigenvalue weighted by Gasteiger charge is -2.40. The number of aliphatic hydroxyl groups is 1. The number of likely N-dealkylation sites (tertiary alicyclic amines) is 1. The Balaban J connectivity index is 1.47. The summed E-state index contributed by atoms with van der Waals surface area (Å²) in [5.41, 5.74) is 2.28. The van der Waals surface area contributed by atoms with E-state index < -0.39 is 6.10 Å². The summed E-state index contributed by atoms with van der Waals surface area (Å²) >= 11 is 0. The van der Waals surface area contributed by atoms with Crippen molar-refractivity contribution >= 4 is 5.91 Å². The van der Waals surface area contributed by atoms with Crippen LogP contribution in [0.1, 0.15) is 35.7 Å². The first kappa shape index (κ1) is 20.6. The summed E-state index contributed by atoms with van der Waals surface area (Å²) in [6.45, 7) is 3.74. The Morgan fingerprint density at radius 2 is 1.88 bits per heavy atom. The fraction of sp³-hybridized carbons (Fsp3) is 0.360. The summed E-state index contributed by atoms with van der Waals surface area (Å²) in [6, 6.07) is 12.6. The lowest BCUT2D eigenvalue weighted by atomic mass is 9.92. The molecular weight excluding hydrogens is 404 g/mol. The Morgan fingerprint density at radius 1 is 1.09 bits per heavy atom. The Morgan fingerprint density at radius 3 is 2.59 bits per heavy atom. The normalized spacial score (nSPS) is 25.0.